The minimum absolute atomic E-state index is 0.0119. The lowest BCUT2D eigenvalue weighted by molar-refractivity contribution is 0.0697. The van der Waals surface area contributed by atoms with Gasteiger partial charge in [0.15, 0.2) is 5.82 Å². The maximum Gasteiger partial charge on any atom is 0.338 e. The summed E-state index contributed by atoms with van der Waals surface area (Å²) >= 11 is 0. The molecule has 130 valence electrons. The highest BCUT2D eigenvalue weighted by Crippen LogP contribution is 2.34. The number of pyridine rings is 1. The van der Waals surface area contributed by atoms with Crippen LogP contribution in [0.1, 0.15) is 22.8 Å². The van der Waals surface area contributed by atoms with Gasteiger partial charge in [-0.05, 0) is 19.1 Å². The number of aromatic nitrogens is 3. The molecule has 0 bridgehead atoms. The van der Waals surface area contributed by atoms with Gasteiger partial charge < -0.3 is 9.84 Å². The molecule has 1 aromatic carbocycles. The van der Waals surface area contributed by atoms with E-state index >= 15 is 0 Å². The summed E-state index contributed by atoms with van der Waals surface area (Å²) < 4.78 is 21.1. The van der Waals surface area contributed by atoms with E-state index in [9.17, 15) is 14.4 Å². The summed E-state index contributed by atoms with van der Waals surface area (Å²) in [5.41, 5.74) is 0.579. The molecular formula is C18H13FN4O3. The number of carbonyl (C=O) groups is 1. The summed E-state index contributed by atoms with van der Waals surface area (Å²) in [6, 6.07) is 7.84. The van der Waals surface area contributed by atoms with E-state index in [0.29, 0.717) is 12.4 Å². The fourth-order valence-corrected chi connectivity index (χ4v) is 2.46. The maximum atomic E-state index is 14.4. The van der Waals surface area contributed by atoms with E-state index in [1.807, 2.05) is 6.07 Å². The zero-order valence-electron chi connectivity index (χ0n) is 13.7. The first-order valence-corrected chi connectivity index (χ1v) is 7.65. The van der Waals surface area contributed by atoms with E-state index < -0.39 is 11.8 Å². The SMILES string of the molecule is CCOc1cccc(F)c1-c1cnc(-n2cc(C(=O)O)cn2)cc1C#N. The average Bonchev–Trinajstić information content (AvgIpc) is 3.12. The van der Waals surface area contributed by atoms with Crippen LogP contribution in [-0.2, 0) is 0 Å². The molecule has 3 rings (SSSR count). The maximum absolute atomic E-state index is 14.4. The van der Waals surface area contributed by atoms with Gasteiger partial charge in [-0.2, -0.15) is 10.4 Å². The predicted octanol–water partition coefficient (Wildman–Crippen LogP) is 3.04. The standard InChI is InChI=1S/C18H13FN4O3/c1-2-26-15-5-3-4-14(19)17(15)13-9-21-16(6-11(13)7-20)23-10-12(8-22-23)18(24)25/h3-6,8-10H,2H2,1H3,(H,24,25). The molecule has 7 nitrogen and oxygen atoms in total. The highest BCUT2D eigenvalue weighted by Gasteiger charge is 2.18. The van der Waals surface area contributed by atoms with Crippen LogP contribution in [0.25, 0.3) is 16.9 Å². The van der Waals surface area contributed by atoms with Gasteiger partial charge in [-0.25, -0.2) is 18.9 Å². The highest BCUT2D eigenvalue weighted by molar-refractivity contribution is 5.87. The van der Waals surface area contributed by atoms with Crippen LogP contribution in [0.3, 0.4) is 0 Å². The molecule has 0 spiro atoms. The zero-order chi connectivity index (χ0) is 18.7. The Bertz CT molecular complexity index is 1020. The predicted molar refractivity (Wildman–Crippen MR) is 89.6 cm³/mol. The van der Waals surface area contributed by atoms with Crippen LogP contribution in [-0.4, -0.2) is 32.4 Å². The molecule has 1 N–H and O–H groups in total. The van der Waals surface area contributed by atoms with Crippen molar-refractivity contribution in [3.05, 3.63) is 59.8 Å². The summed E-state index contributed by atoms with van der Waals surface area (Å²) in [7, 11) is 0. The van der Waals surface area contributed by atoms with Crippen molar-refractivity contribution in [2.24, 2.45) is 0 Å². The molecule has 0 saturated heterocycles. The Balaban J connectivity index is 2.11. The normalized spacial score (nSPS) is 10.3. The second-order valence-electron chi connectivity index (χ2n) is 5.22. The molecule has 2 aromatic heterocycles. The van der Waals surface area contributed by atoms with Gasteiger partial charge >= 0.3 is 5.97 Å². The number of ether oxygens (including phenoxy) is 1. The molecule has 0 aliphatic heterocycles. The molecule has 0 atom stereocenters. The molecule has 26 heavy (non-hydrogen) atoms. The van der Waals surface area contributed by atoms with E-state index in [0.717, 1.165) is 0 Å². The molecule has 3 aromatic rings. The Morgan fingerprint density at radius 2 is 2.23 bits per heavy atom. The van der Waals surface area contributed by atoms with Crippen LogP contribution in [0.2, 0.25) is 0 Å². The summed E-state index contributed by atoms with van der Waals surface area (Å²) in [5, 5.41) is 22.4. The minimum Gasteiger partial charge on any atom is -0.493 e. The van der Waals surface area contributed by atoms with Crippen molar-refractivity contribution in [3.8, 4) is 28.8 Å². The molecule has 0 fully saturated rings. The lowest BCUT2D eigenvalue weighted by Gasteiger charge is -2.13. The third-order valence-electron chi connectivity index (χ3n) is 3.62. The van der Waals surface area contributed by atoms with Crippen LogP contribution < -0.4 is 4.74 Å². The van der Waals surface area contributed by atoms with Gasteiger partial charge in [0.05, 0.1) is 35.6 Å². The number of rotatable bonds is 5. The van der Waals surface area contributed by atoms with Crippen molar-refractivity contribution in [1.82, 2.24) is 14.8 Å². The third-order valence-corrected chi connectivity index (χ3v) is 3.62. The zero-order valence-corrected chi connectivity index (χ0v) is 13.7. The van der Waals surface area contributed by atoms with Gasteiger partial charge in [-0.15, -0.1) is 0 Å². The van der Waals surface area contributed by atoms with Crippen molar-refractivity contribution >= 4 is 5.97 Å². The summed E-state index contributed by atoms with van der Waals surface area (Å²) in [4.78, 5) is 15.1. The van der Waals surface area contributed by atoms with Gasteiger partial charge in [-0.3, -0.25) is 0 Å². The molecule has 0 radical (unpaired) electrons. The average molecular weight is 352 g/mol. The summed E-state index contributed by atoms with van der Waals surface area (Å²) in [6.45, 7) is 2.12. The Labute approximate surface area is 147 Å². The topological polar surface area (TPSA) is 101 Å². The van der Waals surface area contributed by atoms with Gasteiger partial charge in [-0.1, -0.05) is 6.07 Å². The van der Waals surface area contributed by atoms with Gasteiger partial charge in [0.25, 0.3) is 0 Å². The van der Waals surface area contributed by atoms with Crippen molar-refractivity contribution in [2.45, 2.75) is 6.92 Å². The molecule has 0 amide bonds. The molecule has 0 saturated carbocycles. The fourth-order valence-electron chi connectivity index (χ4n) is 2.46. The lowest BCUT2D eigenvalue weighted by atomic mass is 10.0. The smallest absolute Gasteiger partial charge is 0.338 e. The quantitative estimate of drug-likeness (QED) is 0.757. The number of benzene rings is 1. The van der Waals surface area contributed by atoms with Crippen LogP contribution in [0.15, 0.2) is 42.9 Å². The first-order chi connectivity index (χ1) is 12.5. The van der Waals surface area contributed by atoms with Gasteiger partial charge in [0.2, 0.25) is 0 Å². The molecule has 2 heterocycles. The molecule has 0 aliphatic carbocycles. The van der Waals surface area contributed by atoms with E-state index in [4.69, 9.17) is 9.84 Å². The van der Waals surface area contributed by atoms with Crippen molar-refractivity contribution in [2.75, 3.05) is 6.61 Å². The largest absolute Gasteiger partial charge is 0.493 e. The van der Waals surface area contributed by atoms with E-state index in [2.05, 4.69) is 10.1 Å². The molecular weight excluding hydrogens is 339 g/mol. The third kappa shape index (κ3) is 3.10. The Kier molecular flexibility index (Phi) is 4.62. The number of halogens is 1. The molecule has 0 unspecified atom stereocenters. The van der Waals surface area contributed by atoms with E-state index in [-0.39, 0.29) is 28.1 Å². The summed E-state index contributed by atoms with van der Waals surface area (Å²) in [6.07, 6.45) is 3.80. The Hall–Kier alpha value is -3.73. The number of nitriles is 1. The lowest BCUT2D eigenvalue weighted by Crippen LogP contribution is -2.02. The second-order valence-corrected chi connectivity index (χ2v) is 5.22. The number of aromatic carboxylic acids is 1. The van der Waals surface area contributed by atoms with E-state index in [1.54, 1.807) is 13.0 Å². The second kappa shape index (κ2) is 7.03. The first-order valence-electron chi connectivity index (χ1n) is 7.65. The molecule has 8 heteroatoms. The Morgan fingerprint density at radius 3 is 2.88 bits per heavy atom. The minimum atomic E-state index is -1.12. The van der Waals surface area contributed by atoms with Crippen LogP contribution in [0.5, 0.6) is 5.75 Å². The number of hydrogen-bond donors (Lipinski definition) is 1. The number of hydrogen-bond acceptors (Lipinski definition) is 5. The number of nitrogens with zero attached hydrogens (tertiary/aromatic N) is 4. The van der Waals surface area contributed by atoms with Gasteiger partial charge in [0, 0.05) is 24.0 Å². The van der Waals surface area contributed by atoms with Crippen molar-refractivity contribution in [1.29, 1.82) is 5.26 Å². The van der Waals surface area contributed by atoms with Gasteiger partial charge in [0.1, 0.15) is 11.6 Å². The van der Waals surface area contributed by atoms with Crippen LogP contribution in [0, 0.1) is 17.1 Å². The Morgan fingerprint density at radius 1 is 1.42 bits per heavy atom. The summed E-state index contributed by atoms with van der Waals surface area (Å²) in [5.74, 6) is -1.10. The van der Waals surface area contributed by atoms with Crippen LogP contribution >= 0.6 is 0 Å². The fraction of sp³-hybridized carbons (Fsp3) is 0.111. The first kappa shape index (κ1) is 17.1. The van der Waals surface area contributed by atoms with Crippen LogP contribution in [0.4, 0.5) is 4.39 Å². The van der Waals surface area contributed by atoms with E-state index in [1.165, 1.54) is 41.5 Å². The number of carboxylic acids is 1. The van der Waals surface area contributed by atoms with Crippen molar-refractivity contribution in [3.63, 3.8) is 0 Å². The van der Waals surface area contributed by atoms with Crippen molar-refractivity contribution < 1.29 is 19.0 Å². The highest BCUT2D eigenvalue weighted by atomic mass is 19.1. The number of carboxylic acid groups (broad SMARTS) is 1. The monoisotopic (exact) mass is 352 g/mol. The molecule has 0 aliphatic rings.